The summed E-state index contributed by atoms with van der Waals surface area (Å²) < 4.78 is 15.9. The molecule has 0 aliphatic carbocycles. The van der Waals surface area contributed by atoms with E-state index in [1.54, 1.807) is 12.1 Å². The Labute approximate surface area is 172 Å². The molecule has 30 heavy (non-hydrogen) atoms. The van der Waals surface area contributed by atoms with Crippen molar-refractivity contribution in [3.8, 4) is 11.5 Å². The van der Waals surface area contributed by atoms with Crippen molar-refractivity contribution in [2.45, 2.75) is 19.8 Å². The molecule has 0 fully saturated rings. The van der Waals surface area contributed by atoms with E-state index in [2.05, 4.69) is 6.92 Å². The molecule has 1 heterocycles. The number of primary amides is 1. The summed E-state index contributed by atoms with van der Waals surface area (Å²) in [4.78, 5) is 35.1. The van der Waals surface area contributed by atoms with Crippen LogP contribution < -0.4 is 20.8 Å². The number of carbonyl (C=O) groups excluding carboxylic acids is 2. The molecule has 0 aliphatic rings. The second-order valence-electron chi connectivity index (χ2n) is 6.54. The number of rotatable bonds is 8. The Morgan fingerprint density at radius 3 is 2.50 bits per heavy atom. The summed E-state index contributed by atoms with van der Waals surface area (Å²) in [5.74, 6) is -0.479. The van der Waals surface area contributed by atoms with Crippen molar-refractivity contribution in [1.82, 2.24) is 0 Å². The molecule has 2 aromatic carbocycles. The van der Waals surface area contributed by atoms with E-state index in [-0.39, 0.29) is 16.9 Å². The third-order valence-corrected chi connectivity index (χ3v) is 4.25. The van der Waals surface area contributed by atoms with Gasteiger partial charge in [-0.2, -0.15) is 0 Å². The summed E-state index contributed by atoms with van der Waals surface area (Å²) in [7, 11) is 0. The minimum atomic E-state index is -0.869. The van der Waals surface area contributed by atoms with Crippen LogP contribution in [0.15, 0.2) is 63.8 Å². The lowest BCUT2D eigenvalue weighted by Crippen LogP contribution is -2.20. The molecule has 154 valence electrons. The van der Waals surface area contributed by atoms with E-state index < -0.39 is 17.5 Å². The number of benzene rings is 2. The molecule has 7 heteroatoms. The molecular formula is C23H21NO6. The number of nitrogens with two attached hydrogens (primary N) is 1. The Kier molecular flexibility index (Phi) is 6.64. The summed E-state index contributed by atoms with van der Waals surface area (Å²) in [6.45, 7) is 2.78. The maximum atomic E-state index is 12.1. The highest BCUT2D eigenvalue weighted by Crippen LogP contribution is 2.21. The van der Waals surface area contributed by atoms with Crippen LogP contribution in [0.3, 0.4) is 0 Å². The highest BCUT2D eigenvalue weighted by molar-refractivity contribution is 5.95. The van der Waals surface area contributed by atoms with Crippen molar-refractivity contribution in [2.24, 2.45) is 5.73 Å². The van der Waals surface area contributed by atoms with E-state index >= 15 is 0 Å². The van der Waals surface area contributed by atoms with Gasteiger partial charge in [-0.1, -0.05) is 25.5 Å². The maximum Gasteiger partial charge on any atom is 0.349 e. The third-order valence-electron chi connectivity index (χ3n) is 4.25. The van der Waals surface area contributed by atoms with Crippen LogP contribution >= 0.6 is 0 Å². The minimum absolute atomic E-state index is 0.179. The minimum Gasteiger partial charge on any atom is -0.494 e. The van der Waals surface area contributed by atoms with Crippen LogP contribution in [-0.2, 0) is 4.79 Å². The monoisotopic (exact) mass is 407 g/mol. The summed E-state index contributed by atoms with van der Waals surface area (Å²) in [6, 6.07) is 13.2. The Hall–Kier alpha value is -3.87. The number of hydrogen-bond donors (Lipinski definition) is 1. The first-order chi connectivity index (χ1) is 14.5. The third kappa shape index (κ3) is 5.35. The molecule has 0 bridgehead atoms. The largest absolute Gasteiger partial charge is 0.494 e. The van der Waals surface area contributed by atoms with Gasteiger partial charge in [0, 0.05) is 17.5 Å². The van der Waals surface area contributed by atoms with Crippen molar-refractivity contribution >= 4 is 28.9 Å². The summed E-state index contributed by atoms with van der Waals surface area (Å²) in [5, 5.41) is 0.486. The predicted molar refractivity (Wildman–Crippen MR) is 113 cm³/mol. The molecule has 0 atom stereocenters. The van der Waals surface area contributed by atoms with Gasteiger partial charge < -0.3 is 19.6 Å². The molecule has 0 saturated carbocycles. The number of ether oxygens (including phenoxy) is 2. The highest BCUT2D eigenvalue weighted by atomic mass is 16.5. The lowest BCUT2D eigenvalue weighted by Gasteiger charge is -2.05. The zero-order chi connectivity index (χ0) is 21.5. The Balaban J connectivity index is 1.65. The molecule has 7 nitrogen and oxygen atoms in total. The number of carbonyl (C=O) groups is 2. The van der Waals surface area contributed by atoms with E-state index in [9.17, 15) is 14.4 Å². The van der Waals surface area contributed by atoms with Crippen LogP contribution in [-0.4, -0.2) is 18.5 Å². The SMILES string of the molecule is CCCCOc1ccc(/C=C/C(=O)Oc2ccc3cc(C(N)=O)c(=O)oc3c2)cc1. The van der Waals surface area contributed by atoms with E-state index in [4.69, 9.17) is 19.6 Å². The Bertz CT molecular complexity index is 1140. The van der Waals surface area contributed by atoms with Crippen molar-refractivity contribution < 1.29 is 23.5 Å². The number of amides is 1. The van der Waals surface area contributed by atoms with Gasteiger partial charge in [0.15, 0.2) is 0 Å². The average molecular weight is 407 g/mol. The fraction of sp³-hybridized carbons (Fsp3) is 0.174. The van der Waals surface area contributed by atoms with Crippen molar-refractivity contribution in [2.75, 3.05) is 6.61 Å². The van der Waals surface area contributed by atoms with Gasteiger partial charge in [-0.05, 0) is 48.4 Å². The number of hydrogen-bond acceptors (Lipinski definition) is 6. The standard InChI is InChI=1S/C23H21NO6/c1-2-3-12-28-17-8-4-15(5-9-17)6-11-21(25)29-18-10-7-16-13-19(22(24)26)23(27)30-20(16)14-18/h4-11,13-14H,2-3,12H2,1H3,(H2,24,26)/b11-6+. The first-order valence-electron chi connectivity index (χ1n) is 9.46. The van der Waals surface area contributed by atoms with Gasteiger partial charge >= 0.3 is 11.6 Å². The topological polar surface area (TPSA) is 109 Å². The molecule has 0 spiro atoms. The van der Waals surface area contributed by atoms with E-state index in [0.29, 0.717) is 12.0 Å². The molecular weight excluding hydrogens is 386 g/mol. The van der Waals surface area contributed by atoms with Gasteiger partial charge in [-0.25, -0.2) is 9.59 Å². The second kappa shape index (κ2) is 9.56. The summed E-state index contributed by atoms with van der Waals surface area (Å²) in [6.07, 6.45) is 4.99. The van der Waals surface area contributed by atoms with E-state index in [1.165, 1.54) is 24.3 Å². The highest BCUT2D eigenvalue weighted by Gasteiger charge is 2.11. The Morgan fingerprint density at radius 2 is 1.80 bits per heavy atom. The lowest BCUT2D eigenvalue weighted by atomic mass is 10.1. The lowest BCUT2D eigenvalue weighted by molar-refractivity contribution is -0.128. The fourth-order valence-corrected chi connectivity index (χ4v) is 2.65. The first-order valence-corrected chi connectivity index (χ1v) is 9.46. The van der Waals surface area contributed by atoms with Crippen LogP contribution in [0.5, 0.6) is 11.5 Å². The molecule has 1 amide bonds. The second-order valence-corrected chi connectivity index (χ2v) is 6.54. The maximum absolute atomic E-state index is 12.1. The normalized spacial score (nSPS) is 11.0. The van der Waals surface area contributed by atoms with Crippen molar-refractivity contribution in [1.29, 1.82) is 0 Å². The van der Waals surface area contributed by atoms with Gasteiger partial charge in [0.1, 0.15) is 22.6 Å². The molecule has 3 rings (SSSR count). The van der Waals surface area contributed by atoms with Gasteiger partial charge in [0.2, 0.25) is 0 Å². The number of unbranched alkanes of at least 4 members (excludes halogenated alkanes) is 1. The Morgan fingerprint density at radius 1 is 1.07 bits per heavy atom. The molecule has 0 aliphatic heterocycles. The van der Waals surface area contributed by atoms with Crippen LogP contribution in [0, 0.1) is 0 Å². The van der Waals surface area contributed by atoms with Crippen molar-refractivity contribution in [3.05, 3.63) is 76.2 Å². The van der Waals surface area contributed by atoms with Gasteiger partial charge in [0.05, 0.1) is 6.61 Å². The van der Waals surface area contributed by atoms with Crippen LogP contribution in [0.2, 0.25) is 0 Å². The quantitative estimate of drug-likeness (QED) is 0.201. The number of fused-ring (bicyclic) bond motifs is 1. The smallest absolute Gasteiger partial charge is 0.349 e. The predicted octanol–water partition coefficient (Wildman–Crippen LogP) is 3.69. The fourth-order valence-electron chi connectivity index (χ4n) is 2.65. The molecule has 0 saturated heterocycles. The molecule has 3 aromatic rings. The summed E-state index contributed by atoms with van der Waals surface area (Å²) in [5.41, 5.74) is 5.05. The zero-order valence-electron chi connectivity index (χ0n) is 16.4. The molecule has 0 radical (unpaired) electrons. The molecule has 0 unspecified atom stereocenters. The molecule has 1 aromatic heterocycles. The van der Waals surface area contributed by atoms with Crippen molar-refractivity contribution in [3.63, 3.8) is 0 Å². The van der Waals surface area contributed by atoms with Crippen LogP contribution in [0.25, 0.3) is 17.0 Å². The number of esters is 1. The van der Waals surface area contributed by atoms with E-state index in [1.807, 2.05) is 24.3 Å². The molecule has 2 N–H and O–H groups in total. The first kappa shape index (κ1) is 20.9. The van der Waals surface area contributed by atoms with Crippen LogP contribution in [0.4, 0.5) is 0 Å². The van der Waals surface area contributed by atoms with Gasteiger partial charge in [-0.3, -0.25) is 4.79 Å². The van der Waals surface area contributed by atoms with Gasteiger partial charge in [-0.15, -0.1) is 0 Å². The van der Waals surface area contributed by atoms with E-state index in [0.717, 1.165) is 24.2 Å². The summed E-state index contributed by atoms with van der Waals surface area (Å²) >= 11 is 0. The zero-order valence-corrected chi connectivity index (χ0v) is 16.4. The average Bonchev–Trinajstić information content (AvgIpc) is 2.72. The van der Waals surface area contributed by atoms with Gasteiger partial charge in [0.25, 0.3) is 5.91 Å². The van der Waals surface area contributed by atoms with Crippen LogP contribution in [0.1, 0.15) is 35.7 Å².